The summed E-state index contributed by atoms with van der Waals surface area (Å²) in [5.41, 5.74) is 1.03. The third kappa shape index (κ3) is 7.00. The molecule has 0 aliphatic carbocycles. The van der Waals surface area contributed by atoms with Crippen molar-refractivity contribution in [1.82, 2.24) is 5.10 Å². The van der Waals surface area contributed by atoms with Crippen molar-refractivity contribution in [3.05, 3.63) is 10.0 Å². The van der Waals surface area contributed by atoms with E-state index in [1.807, 2.05) is 7.05 Å². The average Bonchev–Trinajstić information content (AvgIpc) is 2.24. The van der Waals surface area contributed by atoms with Gasteiger partial charge in [-0.1, -0.05) is 32.4 Å². The van der Waals surface area contributed by atoms with Crippen LogP contribution in [0.5, 0.6) is 0 Å². The summed E-state index contributed by atoms with van der Waals surface area (Å²) < 4.78 is 41.6. The smallest absolute Gasteiger partial charge is 0.418 e. The first kappa shape index (κ1) is 15.6. The van der Waals surface area contributed by atoms with Gasteiger partial charge in [0, 0.05) is 10.5 Å². The summed E-state index contributed by atoms with van der Waals surface area (Å²) in [4.78, 5) is 0. The first-order chi connectivity index (χ1) is 6.91. The highest BCUT2D eigenvalue weighted by Gasteiger charge is 2.26. The lowest BCUT2D eigenvalue weighted by atomic mass is 9.93. The Hall–Kier alpha value is -0.365. The van der Waals surface area contributed by atoms with Crippen LogP contribution in [0.1, 0.15) is 26.5 Å². The Morgan fingerprint density at radius 2 is 1.62 bits per heavy atom. The Morgan fingerprint density at radius 1 is 1.25 bits per heavy atom. The van der Waals surface area contributed by atoms with E-state index < -0.39 is 7.25 Å². The molecule has 1 aromatic heterocycles. The van der Waals surface area contributed by atoms with E-state index in [9.17, 15) is 17.3 Å². The van der Waals surface area contributed by atoms with E-state index in [1.54, 1.807) is 4.07 Å². The second-order valence-electron chi connectivity index (χ2n) is 4.02. The van der Waals surface area contributed by atoms with Crippen LogP contribution < -0.4 is 4.07 Å². The van der Waals surface area contributed by atoms with E-state index in [4.69, 9.17) is 11.6 Å². The summed E-state index contributed by atoms with van der Waals surface area (Å²) in [5, 5.41) is 4.28. The highest BCUT2D eigenvalue weighted by Crippen LogP contribution is 2.28. The summed E-state index contributed by atoms with van der Waals surface area (Å²) in [5.74, 6) is 0. The van der Waals surface area contributed by atoms with Gasteiger partial charge < -0.3 is 17.3 Å². The fraction of sp³-hybridized carbons (Fsp3) is 0.714. The zero-order valence-corrected chi connectivity index (χ0v) is 10.8. The van der Waals surface area contributed by atoms with E-state index in [2.05, 4.69) is 25.9 Å². The molecule has 1 rings (SSSR count). The number of rotatable bonds is 0. The fourth-order valence-corrected chi connectivity index (χ4v) is 2.21. The molecular formula is C7H12BClF4N2S. The SMILES string of the molecule is C[n+]1nc(C(C)(C)C)c(Cl)s1.F[B-](F)(F)F. The molecule has 0 saturated carbocycles. The monoisotopic (exact) mass is 278 g/mol. The first-order valence-corrected chi connectivity index (χ1v) is 5.47. The van der Waals surface area contributed by atoms with E-state index in [0.29, 0.717) is 0 Å². The zero-order valence-electron chi connectivity index (χ0n) is 9.27. The molecule has 0 unspecified atom stereocenters. The van der Waals surface area contributed by atoms with Gasteiger partial charge in [-0.3, -0.25) is 0 Å². The molecule has 2 nitrogen and oxygen atoms in total. The molecule has 0 bridgehead atoms. The first-order valence-electron chi connectivity index (χ1n) is 4.32. The predicted molar refractivity (Wildman–Crippen MR) is 57.2 cm³/mol. The van der Waals surface area contributed by atoms with Crippen LogP contribution in [-0.2, 0) is 12.5 Å². The van der Waals surface area contributed by atoms with Crippen LogP contribution >= 0.6 is 23.1 Å². The van der Waals surface area contributed by atoms with Crippen LogP contribution in [0.25, 0.3) is 0 Å². The van der Waals surface area contributed by atoms with Crippen LogP contribution in [0.4, 0.5) is 17.3 Å². The van der Waals surface area contributed by atoms with E-state index in [-0.39, 0.29) is 5.41 Å². The van der Waals surface area contributed by atoms with Crippen molar-refractivity contribution >= 4 is 30.4 Å². The van der Waals surface area contributed by atoms with Gasteiger partial charge in [0.05, 0.1) is 0 Å². The third-order valence-electron chi connectivity index (χ3n) is 1.35. The Labute approximate surface area is 100 Å². The minimum atomic E-state index is -6.00. The largest absolute Gasteiger partial charge is 0.673 e. The molecule has 0 aliphatic rings. The van der Waals surface area contributed by atoms with Crippen molar-refractivity contribution in [3.63, 3.8) is 0 Å². The molecule has 0 aliphatic heterocycles. The van der Waals surface area contributed by atoms with Gasteiger partial charge in [-0.15, -0.1) is 0 Å². The van der Waals surface area contributed by atoms with Crippen LogP contribution in [-0.4, -0.2) is 12.4 Å². The molecule has 0 N–H and O–H groups in total. The number of aromatic nitrogens is 2. The maximum atomic E-state index is 9.75. The van der Waals surface area contributed by atoms with E-state index in [1.165, 1.54) is 11.5 Å². The Kier molecular flexibility index (Phi) is 5.19. The lowest BCUT2D eigenvalue weighted by Crippen LogP contribution is -2.28. The van der Waals surface area contributed by atoms with Crippen LogP contribution in [0.15, 0.2) is 0 Å². The molecule has 0 amide bonds. The summed E-state index contributed by atoms with van der Waals surface area (Å²) in [6, 6.07) is 0. The second kappa shape index (κ2) is 5.31. The number of aryl methyl sites for hydroxylation is 1. The van der Waals surface area contributed by atoms with Crippen molar-refractivity contribution in [1.29, 1.82) is 0 Å². The third-order valence-corrected chi connectivity index (χ3v) is 2.44. The number of nitrogens with zero attached hydrogens (tertiary/aromatic N) is 2. The molecule has 0 spiro atoms. The van der Waals surface area contributed by atoms with E-state index >= 15 is 0 Å². The highest BCUT2D eigenvalue weighted by atomic mass is 35.5. The predicted octanol–water partition coefficient (Wildman–Crippen LogP) is 3.22. The maximum Gasteiger partial charge on any atom is 0.673 e. The summed E-state index contributed by atoms with van der Waals surface area (Å²) in [6.45, 7) is 6.32. The van der Waals surface area contributed by atoms with Gasteiger partial charge in [-0.05, 0) is 4.07 Å². The van der Waals surface area contributed by atoms with Gasteiger partial charge in [-0.25, -0.2) is 0 Å². The molecule has 0 atom stereocenters. The molecule has 94 valence electrons. The van der Waals surface area contributed by atoms with Gasteiger partial charge >= 0.3 is 7.25 Å². The molecule has 0 radical (unpaired) electrons. The maximum absolute atomic E-state index is 9.75. The lowest BCUT2D eigenvalue weighted by Gasteiger charge is -2.11. The molecule has 1 heterocycles. The zero-order chi connectivity index (χ0) is 13.1. The standard InChI is InChI=1S/C7H12ClN2S.BF4/c1-7(2,3)5-6(8)11-10(4)9-5;2-1(3,4)5/h1-4H3;/q+1;-1. The van der Waals surface area contributed by atoms with Crippen LogP contribution in [0, 0.1) is 0 Å². The molecule has 1 aromatic rings. The molecule has 16 heavy (non-hydrogen) atoms. The van der Waals surface area contributed by atoms with Crippen molar-refractivity contribution in [2.75, 3.05) is 0 Å². The number of hydrogen-bond donors (Lipinski definition) is 0. The van der Waals surface area contributed by atoms with Gasteiger partial charge in [-0.2, -0.15) is 0 Å². The highest BCUT2D eigenvalue weighted by molar-refractivity contribution is 7.07. The Morgan fingerprint density at radius 3 is 1.75 bits per heavy atom. The molecule has 0 fully saturated rings. The fourth-order valence-electron chi connectivity index (χ4n) is 0.805. The quantitative estimate of drug-likeness (QED) is 0.404. The molecule has 0 aromatic carbocycles. The Bertz CT molecular complexity index is 341. The summed E-state index contributed by atoms with van der Waals surface area (Å²) in [6.07, 6.45) is 0. The van der Waals surface area contributed by atoms with Crippen LogP contribution in [0.3, 0.4) is 0 Å². The minimum Gasteiger partial charge on any atom is -0.418 e. The average molecular weight is 279 g/mol. The van der Waals surface area contributed by atoms with Crippen molar-refractivity contribution in [2.24, 2.45) is 7.05 Å². The van der Waals surface area contributed by atoms with Crippen molar-refractivity contribution in [3.8, 4) is 0 Å². The van der Waals surface area contributed by atoms with Crippen molar-refractivity contribution in [2.45, 2.75) is 26.2 Å². The van der Waals surface area contributed by atoms with Gasteiger partial charge in [0.25, 0.3) is 0 Å². The minimum absolute atomic E-state index is 0.0504. The molecule has 9 heteroatoms. The summed E-state index contributed by atoms with van der Waals surface area (Å²) >= 11 is 7.43. The van der Waals surface area contributed by atoms with Gasteiger partial charge in [0.1, 0.15) is 5.69 Å². The normalized spacial score (nSPS) is 12.1. The topological polar surface area (TPSA) is 16.8 Å². The van der Waals surface area contributed by atoms with Crippen LogP contribution in [0.2, 0.25) is 4.34 Å². The Balaban J connectivity index is 0.000000385. The van der Waals surface area contributed by atoms with E-state index in [0.717, 1.165) is 10.0 Å². The number of hydrogen-bond acceptors (Lipinski definition) is 2. The number of halogens is 5. The van der Waals surface area contributed by atoms with Gasteiger partial charge in [0.15, 0.2) is 22.9 Å². The van der Waals surface area contributed by atoms with Gasteiger partial charge in [0.2, 0.25) is 0 Å². The molecular weight excluding hydrogens is 266 g/mol. The molecule has 0 saturated heterocycles. The summed E-state index contributed by atoms with van der Waals surface area (Å²) in [7, 11) is -4.11. The van der Waals surface area contributed by atoms with Crippen molar-refractivity contribution < 1.29 is 21.3 Å². The lowest BCUT2D eigenvalue weighted by molar-refractivity contribution is -0.664. The second-order valence-corrected chi connectivity index (χ2v) is 5.74.